The van der Waals surface area contributed by atoms with Gasteiger partial charge in [0.1, 0.15) is 0 Å². The molecule has 1 nitrogen and oxygen atoms in total. The summed E-state index contributed by atoms with van der Waals surface area (Å²) in [4.78, 5) is 10.6. The van der Waals surface area contributed by atoms with E-state index < -0.39 is 0 Å². The van der Waals surface area contributed by atoms with E-state index in [1.807, 2.05) is 0 Å². The molecule has 56 valence electrons. The molecule has 0 heterocycles. The molecule has 0 radical (unpaired) electrons. The van der Waals surface area contributed by atoms with Crippen molar-refractivity contribution in [1.29, 1.82) is 0 Å². The molecule has 0 saturated heterocycles. The van der Waals surface area contributed by atoms with Gasteiger partial charge in [-0.1, -0.05) is 18.7 Å². The summed E-state index contributed by atoms with van der Waals surface area (Å²) in [6.07, 6.45) is 7.40. The second kappa shape index (κ2) is 2.67. The van der Waals surface area contributed by atoms with Crippen LogP contribution in [0.5, 0.6) is 0 Å². The quantitative estimate of drug-likeness (QED) is 0.568. The molecule has 0 spiro atoms. The predicted octanol–water partition coefficient (Wildman–Crippen LogP) is 1.93. The van der Waals surface area contributed by atoms with Crippen LogP contribution >= 0.6 is 11.8 Å². The van der Waals surface area contributed by atoms with Crippen molar-refractivity contribution in [1.82, 2.24) is 0 Å². The van der Waals surface area contributed by atoms with Gasteiger partial charge < -0.3 is 0 Å². The van der Waals surface area contributed by atoms with E-state index in [9.17, 15) is 4.79 Å². The van der Waals surface area contributed by atoms with Gasteiger partial charge >= 0.3 is 0 Å². The molecule has 0 aromatic heterocycles. The van der Waals surface area contributed by atoms with Crippen LogP contribution < -0.4 is 0 Å². The van der Waals surface area contributed by atoms with Gasteiger partial charge in [0.05, 0.1) is 0 Å². The summed E-state index contributed by atoms with van der Waals surface area (Å²) in [5, 5.41) is -0.131. The largest absolute Gasteiger partial charge is 0.272 e. The van der Waals surface area contributed by atoms with Gasteiger partial charge in [-0.3, -0.25) is 4.79 Å². The van der Waals surface area contributed by atoms with Crippen molar-refractivity contribution in [2.45, 2.75) is 19.8 Å². The second-order valence-corrected chi connectivity index (χ2v) is 3.98. The van der Waals surface area contributed by atoms with E-state index in [-0.39, 0.29) is 6.54 Å². The van der Waals surface area contributed by atoms with Crippen LogP contribution in [-0.4, -0.2) is 10.9 Å². The maximum Gasteiger partial charge on any atom is 0.262 e. The van der Waals surface area contributed by atoms with Crippen molar-refractivity contribution in [2.24, 2.45) is 5.41 Å². The summed E-state index contributed by atoms with van der Waals surface area (Å²) in [6.45, 7) is 2.18. The number of rotatable bonds is 2. The number of hydrogen-bond donors (Lipinski definition) is 0. The number of terminal acetylenes is 1. The van der Waals surface area contributed by atoms with Crippen LogP contribution in [0.3, 0.4) is 0 Å². The topological polar surface area (TPSA) is 17.1 Å². The van der Waals surface area contributed by atoms with Crippen LogP contribution in [0.25, 0.3) is 0 Å². The maximum absolute atomic E-state index is 10.6. The van der Waals surface area contributed by atoms with Crippen LogP contribution in [0.2, 0.25) is 0 Å². The second-order valence-electron chi connectivity index (χ2n) is 3.03. The van der Waals surface area contributed by atoms with Crippen LogP contribution in [0.4, 0.5) is 0 Å². The molecular weight excluding hydrogens is 144 g/mol. The van der Waals surface area contributed by atoms with E-state index in [2.05, 4.69) is 12.8 Å². The van der Waals surface area contributed by atoms with Gasteiger partial charge in [0.2, 0.25) is 0 Å². The zero-order chi connectivity index (χ0) is 7.61. The first-order chi connectivity index (χ1) is 4.66. The van der Waals surface area contributed by atoms with Crippen LogP contribution in [0, 0.1) is 17.8 Å². The zero-order valence-corrected chi connectivity index (χ0v) is 6.83. The normalized spacial score (nSPS) is 19.6. The van der Waals surface area contributed by atoms with Gasteiger partial charge in [-0.2, -0.15) is 0 Å². The molecule has 0 aliphatic heterocycles. The molecule has 2 heteroatoms. The molecule has 0 aromatic carbocycles. The number of thioether (sulfide) groups is 1. The Labute approximate surface area is 67.1 Å². The van der Waals surface area contributed by atoms with Crippen LogP contribution in [-0.2, 0) is 4.79 Å². The first-order valence-corrected chi connectivity index (χ1v) is 4.28. The average molecular weight is 156 g/mol. The minimum Gasteiger partial charge on any atom is -0.272 e. The van der Waals surface area contributed by atoms with Gasteiger partial charge in [0.15, 0.2) is 0 Å². The maximum atomic E-state index is 10.6. The summed E-state index contributed by atoms with van der Waals surface area (Å²) in [7, 11) is 0. The molecule has 0 N–H and O–H groups in total. The van der Waals surface area contributed by atoms with E-state index >= 15 is 0 Å². The lowest BCUT2D eigenvalue weighted by Gasteiger charge is -2.02. The summed E-state index contributed by atoms with van der Waals surface area (Å²) in [5.41, 5.74) is 0.428. The number of carbonyl (C=O) groups excluding carboxylic acids is 1. The van der Waals surface area contributed by atoms with Crippen molar-refractivity contribution < 1.29 is 6.22 Å². The molecule has 10 heavy (non-hydrogen) atoms. The molecule has 1 rings (SSSR count). The summed E-state index contributed by atoms with van der Waals surface area (Å²) in [5.74, 6) is 2.99. The van der Waals surface area contributed by atoms with E-state index in [4.69, 9.17) is 6.42 Å². The summed E-state index contributed by atoms with van der Waals surface area (Å²) in [6, 6.07) is 0. The Kier molecular flexibility index (Phi) is 2.05. The fourth-order valence-electron chi connectivity index (χ4n) is 0.639. The highest BCUT2D eigenvalue weighted by Crippen LogP contribution is 2.47. The van der Waals surface area contributed by atoms with E-state index in [0.717, 1.165) is 5.75 Å². The SMILES string of the molecule is C#CC(=O)SCC1(C)CC1.[HH]. The van der Waals surface area contributed by atoms with E-state index in [1.165, 1.54) is 24.6 Å². The van der Waals surface area contributed by atoms with Crippen molar-refractivity contribution in [3.63, 3.8) is 0 Å². The molecule has 1 aliphatic carbocycles. The Bertz CT molecular complexity index is 191. The van der Waals surface area contributed by atoms with Crippen LogP contribution in [0.15, 0.2) is 0 Å². The highest BCUT2D eigenvalue weighted by Gasteiger charge is 2.37. The molecule has 1 aliphatic rings. The lowest BCUT2D eigenvalue weighted by Crippen LogP contribution is -1.99. The van der Waals surface area contributed by atoms with Crippen molar-refractivity contribution >= 4 is 16.9 Å². The molecule has 0 aromatic rings. The molecular formula is C8H12OS. The summed E-state index contributed by atoms with van der Waals surface area (Å²) >= 11 is 1.27. The van der Waals surface area contributed by atoms with Gasteiger partial charge in [-0.05, 0) is 24.2 Å². The number of hydrogen-bond acceptors (Lipinski definition) is 2. The fourth-order valence-corrected chi connectivity index (χ4v) is 1.49. The van der Waals surface area contributed by atoms with E-state index in [0.29, 0.717) is 5.41 Å². The van der Waals surface area contributed by atoms with E-state index in [1.54, 1.807) is 0 Å². The molecule has 0 unspecified atom stereocenters. The monoisotopic (exact) mass is 156 g/mol. The Morgan fingerprint density at radius 3 is 2.90 bits per heavy atom. The third-order valence-corrected chi connectivity index (χ3v) is 2.99. The lowest BCUT2D eigenvalue weighted by atomic mass is 10.2. The molecule has 1 saturated carbocycles. The average Bonchev–Trinajstić information content (AvgIpc) is 2.64. The zero-order valence-electron chi connectivity index (χ0n) is 6.02. The molecule has 0 bridgehead atoms. The van der Waals surface area contributed by atoms with Gasteiger partial charge in [-0.15, -0.1) is 6.42 Å². The standard InChI is InChI=1S/C8H10OS.H2/c1-3-7(9)10-6-8(2)4-5-8;/h1H,4-6H2,2H3;1H. The van der Waals surface area contributed by atoms with Gasteiger partial charge in [0, 0.05) is 7.18 Å². The van der Waals surface area contributed by atoms with Crippen molar-refractivity contribution in [3.05, 3.63) is 0 Å². The molecule has 0 atom stereocenters. The smallest absolute Gasteiger partial charge is 0.262 e. The molecule has 0 amide bonds. The Morgan fingerprint density at radius 2 is 2.50 bits per heavy atom. The van der Waals surface area contributed by atoms with Gasteiger partial charge in [-0.25, -0.2) is 0 Å². The first-order valence-electron chi connectivity index (χ1n) is 3.30. The Hall–Kier alpha value is -0.420. The summed E-state index contributed by atoms with van der Waals surface area (Å²) < 4.78 is 0. The Morgan fingerprint density at radius 1 is 1.90 bits per heavy atom. The number of carbonyl (C=O) groups is 1. The third-order valence-electron chi connectivity index (χ3n) is 1.77. The predicted molar refractivity (Wildman–Crippen MR) is 45.8 cm³/mol. The highest BCUT2D eigenvalue weighted by atomic mass is 32.2. The minimum absolute atomic E-state index is 0. The third kappa shape index (κ3) is 2.07. The lowest BCUT2D eigenvalue weighted by molar-refractivity contribution is -0.106. The minimum atomic E-state index is -0.131. The van der Waals surface area contributed by atoms with Crippen LogP contribution in [0.1, 0.15) is 21.2 Å². The van der Waals surface area contributed by atoms with Gasteiger partial charge in [0.25, 0.3) is 5.12 Å². The highest BCUT2D eigenvalue weighted by molar-refractivity contribution is 8.14. The Balaban J connectivity index is 0.000001000. The fraction of sp³-hybridized carbons (Fsp3) is 0.625. The molecule has 1 fully saturated rings. The first kappa shape index (κ1) is 7.68. The van der Waals surface area contributed by atoms with Crippen molar-refractivity contribution in [2.75, 3.05) is 5.75 Å². The van der Waals surface area contributed by atoms with Crippen molar-refractivity contribution in [3.8, 4) is 12.3 Å².